The number of ketones is 1. The van der Waals surface area contributed by atoms with Crippen LogP contribution in [0.25, 0.3) is 21.5 Å². The lowest BCUT2D eigenvalue weighted by atomic mass is 9.72. The normalized spacial score (nSPS) is 19.8. The number of aliphatic hydroxyl groups excluding tert-OH is 1. The summed E-state index contributed by atoms with van der Waals surface area (Å²) in [6.45, 7) is 3.87. The predicted molar refractivity (Wildman–Crippen MR) is 322 cm³/mol. The molecule has 4 aromatic carbocycles. The maximum absolute atomic E-state index is 15.1. The van der Waals surface area contributed by atoms with Crippen LogP contribution >= 0.6 is 0 Å². The van der Waals surface area contributed by atoms with Crippen molar-refractivity contribution in [3.63, 3.8) is 0 Å². The fourth-order valence-electron chi connectivity index (χ4n) is 11.8. The number of fused-ring (bicyclic) bond motifs is 6. The summed E-state index contributed by atoms with van der Waals surface area (Å²) in [6.07, 6.45) is 0.738. The van der Waals surface area contributed by atoms with Gasteiger partial charge in [-0.15, -0.1) is 5.06 Å². The number of allylic oxidation sites excluding steroid dienone is 5. The number of Topliss-reactive ketones (excluding diaryl/α,β-unsaturated/α-hetero) is 1. The monoisotopic (exact) mass is 1390 g/mol. The van der Waals surface area contributed by atoms with Crippen molar-refractivity contribution in [3.8, 4) is 0 Å². The van der Waals surface area contributed by atoms with E-state index < -0.39 is 134 Å². The van der Waals surface area contributed by atoms with Crippen LogP contribution in [0.15, 0.2) is 103 Å². The number of nitrogens with zero attached hydrogens (tertiary/aromatic N) is 3. The van der Waals surface area contributed by atoms with Crippen LogP contribution in [0, 0.1) is 0 Å². The highest BCUT2D eigenvalue weighted by Gasteiger charge is 2.52. The number of carbonyl (C=O) groups excluding carboxylic acids is 4. The molecule has 0 spiro atoms. The van der Waals surface area contributed by atoms with E-state index in [0.717, 1.165) is 12.1 Å². The molecular formula is C57H67N3O27S5. The Morgan fingerprint density at radius 3 is 1.71 bits per heavy atom. The Morgan fingerprint density at radius 1 is 0.630 bits per heavy atom. The predicted octanol–water partition coefficient (Wildman–Crippen LogP) is 3.78. The molecule has 30 nitrogen and oxygen atoms in total. The topological polar surface area (TPSA) is 437 Å². The molecule has 4 aliphatic rings. The molecule has 1 saturated heterocycles. The zero-order valence-corrected chi connectivity index (χ0v) is 54.1. The maximum Gasteiger partial charge on any atom is 0.333 e. The fourth-order valence-corrected chi connectivity index (χ4v) is 14.9. The van der Waals surface area contributed by atoms with Crippen LogP contribution in [0.5, 0.6) is 0 Å². The van der Waals surface area contributed by atoms with Gasteiger partial charge in [0.1, 0.15) is 27.4 Å². The number of ether oxygens (including phenoxy) is 6. The molecule has 1 fully saturated rings. The number of benzene rings is 4. The van der Waals surface area contributed by atoms with Crippen LogP contribution in [-0.2, 0) is 114 Å². The summed E-state index contributed by atoms with van der Waals surface area (Å²) < 4.78 is 216. The van der Waals surface area contributed by atoms with Gasteiger partial charge in [0.2, 0.25) is 11.5 Å². The lowest BCUT2D eigenvalue weighted by Crippen LogP contribution is -2.35. The van der Waals surface area contributed by atoms with Gasteiger partial charge in [-0.25, -0.2) is 13.2 Å². The molecule has 0 radical (unpaired) electrons. The van der Waals surface area contributed by atoms with Gasteiger partial charge in [-0.05, 0) is 104 Å². The van der Waals surface area contributed by atoms with E-state index in [2.05, 4.69) is 0 Å². The molecule has 502 valence electrons. The van der Waals surface area contributed by atoms with Gasteiger partial charge < -0.3 is 47.8 Å². The molecule has 2 unspecified atom stereocenters. The molecule has 92 heavy (non-hydrogen) atoms. The largest absolute Gasteiger partial charge is 0.744 e. The second-order valence-electron chi connectivity index (χ2n) is 22.1. The van der Waals surface area contributed by atoms with Gasteiger partial charge in [0.15, 0.2) is 12.3 Å². The minimum absolute atomic E-state index is 0.0135. The third-order valence-corrected chi connectivity index (χ3v) is 20.3. The lowest BCUT2D eigenvalue weighted by Gasteiger charge is -2.32. The van der Waals surface area contributed by atoms with Gasteiger partial charge in [-0.2, -0.15) is 38.2 Å². The van der Waals surface area contributed by atoms with Crippen molar-refractivity contribution in [2.45, 2.75) is 89.2 Å². The summed E-state index contributed by atoms with van der Waals surface area (Å²) in [5.41, 5.74) is -3.33. The highest BCUT2D eigenvalue weighted by atomic mass is 32.2. The minimum Gasteiger partial charge on any atom is -0.744 e. The molecule has 0 aromatic heterocycles. The first-order valence-electron chi connectivity index (χ1n) is 28.3. The van der Waals surface area contributed by atoms with E-state index >= 15 is 4.79 Å². The smallest absolute Gasteiger partial charge is 0.333 e. The number of rotatable bonds is 33. The number of amides is 2. The zero-order chi connectivity index (χ0) is 67.5. The van der Waals surface area contributed by atoms with Crippen LogP contribution in [0.2, 0.25) is 0 Å². The third kappa shape index (κ3) is 15.5. The van der Waals surface area contributed by atoms with Gasteiger partial charge in [0, 0.05) is 86.5 Å². The van der Waals surface area contributed by atoms with Gasteiger partial charge in [0.05, 0.1) is 89.9 Å². The summed E-state index contributed by atoms with van der Waals surface area (Å²) >= 11 is 0. The average molecular weight is 1390 g/mol. The molecule has 0 bridgehead atoms. The molecule has 2 amide bonds. The quantitative estimate of drug-likeness (QED) is 0.0149. The van der Waals surface area contributed by atoms with Crippen molar-refractivity contribution in [1.82, 2.24) is 5.06 Å². The van der Waals surface area contributed by atoms with Crippen molar-refractivity contribution < 1.29 is 127 Å². The SMILES string of the molecule is COCCOCCOCCOCCC1(C)/C(=C\C2=C(O)C(=C/C3=[N+](CCOCCOC)c4ccc5c(S(=O)(=O)O)cc(S(=O)(=O)O)cc5c4C3(C)CCCS(=O)(=O)O)/C2=O)N(CCCC(=O)ON2C(=O)CCC2=O)c2ccc3c(S(=O)(=O)[O-])cc(S(=O)(=O)O)cc3c21. The van der Waals surface area contributed by atoms with Crippen molar-refractivity contribution >= 4 is 113 Å². The number of aliphatic hydroxyl groups is 1. The van der Waals surface area contributed by atoms with E-state index in [0.29, 0.717) is 30.4 Å². The zero-order valence-electron chi connectivity index (χ0n) is 50.0. The highest BCUT2D eigenvalue weighted by Crippen LogP contribution is 2.55. The number of imide groups is 1. The first-order valence-corrected chi connectivity index (χ1v) is 35.7. The molecule has 4 aromatic rings. The van der Waals surface area contributed by atoms with E-state index in [-0.39, 0.29) is 160 Å². The summed E-state index contributed by atoms with van der Waals surface area (Å²) in [5.74, 6) is -4.93. The van der Waals surface area contributed by atoms with Gasteiger partial charge in [-0.1, -0.05) is 6.07 Å². The van der Waals surface area contributed by atoms with E-state index in [1.165, 1.54) is 57.6 Å². The molecule has 0 saturated carbocycles. The first-order chi connectivity index (χ1) is 43.1. The Hall–Kier alpha value is -6.52. The molecule has 1 aliphatic carbocycles. The molecular weight excluding hydrogens is 1320 g/mol. The van der Waals surface area contributed by atoms with Gasteiger partial charge in [0.25, 0.3) is 52.3 Å². The average Bonchev–Trinajstić information content (AvgIpc) is 1.53. The highest BCUT2D eigenvalue weighted by molar-refractivity contribution is 7.87. The summed E-state index contributed by atoms with van der Waals surface area (Å²) in [5, 5.41) is 11.8. The van der Waals surface area contributed by atoms with Crippen LogP contribution in [-0.4, -0.2) is 208 Å². The molecule has 3 heterocycles. The van der Waals surface area contributed by atoms with E-state index in [1.807, 2.05) is 0 Å². The van der Waals surface area contributed by atoms with Crippen LogP contribution < -0.4 is 4.90 Å². The summed E-state index contributed by atoms with van der Waals surface area (Å²) in [4.78, 5) is 55.9. The third-order valence-electron chi connectivity index (χ3n) is 16.1. The molecule has 5 N–H and O–H groups in total. The van der Waals surface area contributed by atoms with Crippen LogP contribution in [0.1, 0.15) is 69.9 Å². The first kappa shape index (κ1) is 71.3. The Bertz CT molecular complexity index is 4360. The number of methoxy groups -OCH3 is 2. The van der Waals surface area contributed by atoms with Crippen LogP contribution in [0.3, 0.4) is 0 Å². The Balaban J connectivity index is 1.32. The van der Waals surface area contributed by atoms with E-state index in [1.54, 1.807) is 16.4 Å². The van der Waals surface area contributed by atoms with Gasteiger partial charge >= 0.3 is 5.97 Å². The number of carbonyl (C=O) groups is 4. The molecule has 3 aliphatic heterocycles. The van der Waals surface area contributed by atoms with E-state index in [4.69, 9.17) is 33.3 Å². The Labute approximate surface area is 529 Å². The second-order valence-corrected chi connectivity index (χ2v) is 29.2. The Morgan fingerprint density at radius 2 is 1.16 bits per heavy atom. The molecule has 8 rings (SSSR count). The number of hydroxylamine groups is 2. The van der Waals surface area contributed by atoms with Crippen LogP contribution in [0.4, 0.5) is 11.4 Å². The second kappa shape index (κ2) is 28.2. The summed E-state index contributed by atoms with van der Waals surface area (Å²) in [7, 11) is -23.0. The van der Waals surface area contributed by atoms with Gasteiger partial charge in [-0.3, -0.25) is 32.6 Å². The van der Waals surface area contributed by atoms with Crippen molar-refractivity contribution in [2.24, 2.45) is 0 Å². The number of hydrogen-bond acceptors (Lipinski definition) is 24. The standard InChI is InChI=1S/C57H67N3O27S5/c1-56(14-6-28-88(66,67)68)47(59(17-19-84-22-20-81-3)44-11-9-37-39(52(44)56)29-35(89(69,70)71)31-45(37)91(75,76)77)33-41-54(64)42(55(41)65)34-48-57(2,15-18-83-24-25-86-27-26-85-23-21-82-4)53-40-30-36(90(72,73)74)32-46(92(78,79)80)38(40)8-10-43(53)58(48)16-5-7-51(63)87-60-49(61)12-13-50(60)62/h8-11,29-34H,5-7,12-28H2,1-4H3,(H5-,64,65,66,67,68,69,70,71,72,73,74,75,76,77,78,79,80). The molecule has 2 atom stereocenters. The van der Waals surface area contributed by atoms with Crippen molar-refractivity contribution in [1.29, 1.82) is 0 Å². The minimum atomic E-state index is -5.52. The van der Waals surface area contributed by atoms with Crippen molar-refractivity contribution in [2.75, 3.05) is 104 Å². The summed E-state index contributed by atoms with van der Waals surface area (Å²) in [6, 6.07) is 8.15. The number of anilines is 1. The van der Waals surface area contributed by atoms with Crippen molar-refractivity contribution in [3.05, 3.63) is 94.4 Å². The maximum atomic E-state index is 15.1. The Kier molecular flexibility index (Phi) is 21.9. The number of hydrogen-bond donors (Lipinski definition) is 5. The fraction of sp³-hybridized carbons (Fsp3) is 0.456. The molecule has 35 heteroatoms. The lowest BCUT2D eigenvalue weighted by molar-refractivity contribution is -0.442. The van der Waals surface area contributed by atoms with E-state index in [9.17, 15) is 84.3 Å².